The van der Waals surface area contributed by atoms with Crippen LogP contribution in [0.2, 0.25) is 0 Å². The minimum Gasteiger partial charge on any atom is -0.385 e. The van der Waals surface area contributed by atoms with Crippen LogP contribution < -0.4 is 5.32 Å². The highest BCUT2D eigenvalue weighted by molar-refractivity contribution is 5.83. The Morgan fingerprint density at radius 1 is 1.40 bits per heavy atom. The van der Waals surface area contributed by atoms with Crippen molar-refractivity contribution in [3.05, 3.63) is 30.1 Å². The van der Waals surface area contributed by atoms with E-state index in [4.69, 9.17) is 4.74 Å². The Morgan fingerprint density at radius 3 is 2.80 bits per heavy atom. The Hall–Kier alpha value is -1.95. The monoisotopic (exact) mass is 279 g/mol. The van der Waals surface area contributed by atoms with Gasteiger partial charge in [0, 0.05) is 33.4 Å². The normalized spacial score (nSPS) is 10.1. The average Bonchev–Trinajstić information content (AvgIpc) is 2.44. The largest absolute Gasteiger partial charge is 0.385 e. The number of ether oxygens (including phenoxy) is 1. The number of aromatic nitrogens is 1. The van der Waals surface area contributed by atoms with Gasteiger partial charge in [-0.05, 0) is 18.6 Å². The first-order chi connectivity index (χ1) is 9.63. The van der Waals surface area contributed by atoms with Crippen molar-refractivity contribution in [2.24, 2.45) is 0 Å². The van der Waals surface area contributed by atoms with E-state index in [0.29, 0.717) is 19.7 Å². The van der Waals surface area contributed by atoms with E-state index in [1.165, 1.54) is 11.8 Å². The quantitative estimate of drug-likeness (QED) is 0.707. The highest BCUT2D eigenvalue weighted by Crippen LogP contribution is 2.01. The number of amides is 2. The lowest BCUT2D eigenvalue weighted by Crippen LogP contribution is -2.39. The number of nitrogens with one attached hydrogen (secondary N) is 1. The molecule has 0 aliphatic heterocycles. The summed E-state index contributed by atoms with van der Waals surface area (Å²) in [6, 6.07) is 5.49. The molecule has 1 N–H and O–H groups in total. The SMILES string of the molecule is COCCCNC(=O)CN(Cc1ccccn1)C(C)=O. The van der Waals surface area contributed by atoms with Crippen LogP contribution in [0.5, 0.6) is 0 Å². The molecule has 0 aliphatic carbocycles. The fourth-order valence-corrected chi connectivity index (χ4v) is 1.64. The Balaban J connectivity index is 2.43. The van der Waals surface area contributed by atoms with Gasteiger partial charge in [-0.2, -0.15) is 0 Å². The summed E-state index contributed by atoms with van der Waals surface area (Å²) in [7, 11) is 1.62. The second-order valence-electron chi connectivity index (χ2n) is 4.39. The van der Waals surface area contributed by atoms with E-state index in [-0.39, 0.29) is 18.4 Å². The molecule has 1 aromatic heterocycles. The van der Waals surface area contributed by atoms with Gasteiger partial charge in [-0.15, -0.1) is 0 Å². The van der Waals surface area contributed by atoms with Crippen LogP contribution in [0.25, 0.3) is 0 Å². The first kappa shape index (κ1) is 16.1. The first-order valence-electron chi connectivity index (χ1n) is 6.54. The van der Waals surface area contributed by atoms with E-state index in [2.05, 4.69) is 10.3 Å². The minimum atomic E-state index is -0.174. The standard InChI is InChI=1S/C14H21N3O3/c1-12(18)17(10-13-6-3-4-7-15-13)11-14(19)16-8-5-9-20-2/h3-4,6-7H,5,8-11H2,1-2H3,(H,16,19). The summed E-state index contributed by atoms with van der Waals surface area (Å²) < 4.78 is 4.90. The predicted molar refractivity (Wildman–Crippen MR) is 74.8 cm³/mol. The van der Waals surface area contributed by atoms with Crippen molar-refractivity contribution >= 4 is 11.8 Å². The topological polar surface area (TPSA) is 71.5 Å². The van der Waals surface area contributed by atoms with Crippen LogP contribution in [0, 0.1) is 0 Å². The van der Waals surface area contributed by atoms with Crippen LogP contribution in [0.15, 0.2) is 24.4 Å². The third-order valence-electron chi connectivity index (χ3n) is 2.71. The molecular weight excluding hydrogens is 258 g/mol. The number of methoxy groups -OCH3 is 1. The molecule has 0 spiro atoms. The van der Waals surface area contributed by atoms with Crippen molar-refractivity contribution in [2.75, 3.05) is 26.8 Å². The average molecular weight is 279 g/mol. The Kier molecular flexibility index (Phi) is 7.27. The Labute approximate surface area is 119 Å². The second kappa shape index (κ2) is 9.03. The molecule has 0 saturated carbocycles. The third kappa shape index (κ3) is 6.29. The third-order valence-corrected chi connectivity index (χ3v) is 2.71. The van der Waals surface area contributed by atoms with Gasteiger partial charge in [-0.25, -0.2) is 0 Å². The lowest BCUT2D eigenvalue weighted by molar-refractivity contribution is -0.135. The zero-order chi connectivity index (χ0) is 14.8. The molecule has 0 radical (unpaired) electrons. The van der Waals surface area contributed by atoms with Crippen molar-refractivity contribution in [3.63, 3.8) is 0 Å². The van der Waals surface area contributed by atoms with E-state index < -0.39 is 0 Å². The number of carbonyl (C=O) groups is 2. The molecule has 0 fully saturated rings. The van der Waals surface area contributed by atoms with Crippen LogP contribution in [-0.2, 0) is 20.9 Å². The summed E-state index contributed by atoms with van der Waals surface area (Å²) in [5, 5.41) is 2.76. The zero-order valence-corrected chi connectivity index (χ0v) is 12.0. The number of nitrogens with zero attached hydrogens (tertiary/aromatic N) is 2. The number of hydrogen-bond donors (Lipinski definition) is 1. The van der Waals surface area contributed by atoms with Crippen LogP contribution in [0.4, 0.5) is 0 Å². The molecular formula is C14H21N3O3. The molecule has 0 aliphatic rings. The van der Waals surface area contributed by atoms with Crippen LogP contribution in [0.3, 0.4) is 0 Å². The molecule has 1 rings (SSSR count). The van der Waals surface area contributed by atoms with E-state index in [0.717, 1.165) is 12.1 Å². The van der Waals surface area contributed by atoms with Crippen LogP contribution >= 0.6 is 0 Å². The van der Waals surface area contributed by atoms with Gasteiger partial charge in [0.15, 0.2) is 0 Å². The number of rotatable bonds is 8. The highest BCUT2D eigenvalue weighted by Gasteiger charge is 2.14. The maximum Gasteiger partial charge on any atom is 0.239 e. The summed E-state index contributed by atoms with van der Waals surface area (Å²) in [5.41, 5.74) is 0.759. The molecule has 6 nitrogen and oxygen atoms in total. The fourth-order valence-electron chi connectivity index (χ4n) is 1.64. The lowest BCUT2D eigenvalue weighted by atomic mass is 10.3. The molecule has 110 valence electrons. The van der Waals surface area contributed by atoms with Gasteiger partial charge >= 0.3 is 0 Å². The van der Waals surface area contributed by atoms with Gasteiger partial charge < -0.3 is 15.0 Å². The second-order valence-corrected chi connectivity index (χ2v) is 4.39. The molecule has 0 aromatic carbocycles. The van der Waals surface area contributed by atoms with E-state index in [1.807, 2.05) is 18.2 Å². The van der Waals surface area contributed by atoms with Crippen molar-refractivity contribution in [2.45, 2.75) is 19.9 Å². The summed E-state index contributed by atoms with van der Waals surface area (Å²) in [6.07, 6.45) is 2.42. The van der Waals surface area contributed by atoms with Gasteiger partial charge in [-0.3, -0.25) is 14.6 Å². The van der Waals surface area contributed by atoms with Gasteiger partial charge in [0.05, 0.1) is 18.8 Å². The van der Waals surface area contributed by atoms with Gasteiger partial charge in [-0.1, -0.05) is 6.07 Å². The molecule has 20 heavy (non-hydrogen) atoms. The fraction of sp³-hybridized carbons (Fsp3) is 0.500. The van der Waals surface area contributed by atoms with Crippen LogP contribution in [0.1, 0.15) is 19.0 Å². The zero-order valence-electron chi connectivity index (χ0n) is 12.0. The summed E-state index contributed by atoms with van der Waals surface area (Å²) in [6.45, 7) is 2.97. The number of hydrogen-bond acceptors (Lipinski definition) is 4. The lowest BCUT2D eigenvalue weighted by Gasteiger charge is -2.20. The van der Waals surface area contributed by atoms with Gasteiger partial charge in [0.25, 0.3) is 0 Å². The maximum absolute atomic E-state index is 11.7. The van der Waals surface area contributed by atoms with Crippen LogP contribution in [-0.4, -0.2) is 48.5 Å². The molecule has 2 amide bonds. The van der Waals surface area contributed by atoms with Gasteiger partial charge in [0.2, 0.25) is 11.8 Å². The first-order valence-corrected chi connectivity index (χ1v) is 6.54. The van der Waals surface area contributed by atoms with Crippen molar-refractivity contribution < 1.29 is 14.3 Å². The minimum absolute atomic E-state index is 0.0406. The number of carbonyl (C=O) groups excluding carboxylic acids is 2. The van der Waals surface area contributed by atoms with Crippen molar-refractivity contribution in [1.29, 1.82) is 0 Å². The van der Waals surface area contributed by atoms with Crippen molar-refractivity contribution in [1.82, 2.24) is 15.2 Å². The highest BCUT2D eigenvalue weighted by atomic mass is 16.5. The van der Waals surface area contributed by atoms with E-state index in [9.17, 15) is 9.59 Å². The predicted octanol–water partition coefficient (Wildman–Crippen LogP) is 0.583. The Morgan fingerprint density at radius 2 is 2.20 bits per heavy atom. The maximum atomic E-state index is 11.7. The summed E-state index contributed by atoms with van der Waals surface area (Å²) in [4.78, 5) is 28.9. The smallest absolute Gasteiger partial charge is 0.239 e. The molecule has 0 saturated heterocycles. The molecule has 1 heterocycles. The molecule has 0 unspecified atom stereocenters. The van der Waals surface area contributed by atoms with E-state index >= 15 is 0 Å². The van der Waals surface area contributed by atoms with E-state index in [1.54, 1.807) is 13.3 Å². The molecule has 0 bridgehead atoms. The molecule has 1 aromatic rings. The molecule has 6 heteroatoms. The van der Waals surface area contributed by atoms with Gasteiger partial charge in [0.1, 0.15) is 0 Å². The summed E-state index contributed by atoms with van der Waals surface area (Å²) in [5.74, 6) is -0.324. The molecule has 0 atom stereocenters. The van der Waals surface area contributed by atoms with Crippen molar-refractivity contribution in [3.8, 4) is 0 Å². The Bertz CT molecular complexity index is 423. The number of pyridine rings is 1. The summed E-state index contributed by atoms with van der Waals surface area (Å²) >= 11 is 0.